The lowest BCUT2D eigenvalue weighted by atomic mass is 10.5. The number of hydrogen-bond donors (Lipinski definition) is 1. The van der Waals surface area contributed by atoms with Gasteiger partial charge in [-0.15, -0.1) is 0 Å². The topological polar surface area (TPSA) is 118 Å². The monoisotopic (exact) mass is 492 g/mol. The third-order valence-electron chi connectivity index (χ3n) is 2.26. The maximum atomic E-state index is 13.1. The van der Waals surface area contributed by atoms with Gasteiger partial charge in [0.05, 0.1) is 24.4 Å². The standard InChI is InChI=1S/C13H29Cl2O9P3/c1-9(2)20-26(18,21-10(3)4)13(14,15)25(16,17)24-27(19,22-11(5)6)23-12(7)8/h9-12H,1-8H3,(H,16,17). The minimum atomic E-state index is -5.36. The summed E-state index contributed by atoms with van der Waals surface area (Å²) in [6.45, 7) is 12.0. The molecule has 164 valence electrons. The highest BCUT2D eigenvalue weighted by atomic mass is 35.5. The van der Waals surface area contributed by atoms with Crippen molar-refractivity contribution < 1.29 is 41.0 Å². The zero-order valence-corrected chi connectivity index (χ0v) is 20.8. The molecule has 14 heteroatoms. The average molecular weight is 493 g/mol. The van der Waals surface area contributed by atoms with Crippen LogP contribution < -0.4 is 0 Å². The lowest BCUT2D eigenvalue weighted by molar-refractivity contribution is 0.100. The molecule has 0 saturated heterocycles. The summed E-state index contributed by atoms with van der Waals surface area (Å²) in [4.78, 5) is 10.4. The van der Waals surface area contributed by atoms with Gasteiger partial charge >= 0.3 is 26.8 Å². The molecular weight excluding hydrogens is 464 g/mol. The fourth-order valence-corrected chi connectivity index (χ4v) is 8.79. The SMILES string of the molecule is CC(C)OP(=O)(OC(C)C)OP(=O)(O)C(Cl)(Cl)P(=O)(OC(C)C)OC(C)C. The fraction of sp³-hybridized carbons (Fsp3) is 1.00. The third kappa shape index (κ3) is 8.35. The van der Waals surface area contributed by atoms with Crippen molar-refractivity contribution in [1.29, 1.82) is 0 Å². The number of rotatable bonds is 12. The van der Waals surface area contributed by atoms with Crippen LogP contribution >= 0.6 is 46.2 Å². The van der Waals surface area contributed by atoms with Gasteiger partial charge in [-0.1, -0.05) is 23.2 Å². The van der Waals surface area contributed by atoms with E-state index in [4.69, 9.17) is 45.6 Å². The Kier molecular flexibility index (Phi) is 10.8. The first-order valence-corrected chi connectivity index (χ1v) is 13.6. The van der Waals surface area contributed by atoms with Crippen LogP contribution in [0.25, 0.3) is 0 Å². The van der Waals surface area contributed by atoms with Crippen LogP contribution in [-0.2, 0) is 36.1 Å². The number of phosphoric ester groups is 1. The second-order valence-corrected chi connectivity index (χ2v) is 15.2. The summed E-state index contributed by atoms with van der Waals surface area (Å²) in [7, 11) is -14.6. The van der Waals surface area contributed by atoms with Crippen LogP contribution in [0, 0.1) is 0 Å². The van der Waals surface area contributed by atoms with Gasteiger partial charge in [-0.25, -0.2) is 8.88 Å². The average Bonchev–Trinajstić information content (AvgIpc) is 2.31. The molecule has 0 amide bonds. The smallest absolute Gasteiger partial charge is 0.321 e. The summed E-state index contributed by atoms with van der Waals surface area (Å²) in [5.74, 6) is 0. The fourth-order valence-electron chi connectivity index (χ4n) is 1.63. The lowest BCUT2D eigenvalue weighted by Crippen LogP contribution is -2.23. The first-order chi connectivity index (χ1) is 11.9. The van der Waals surface area contributed by atoms with Gasteiger partial charge in [0.15, 0.2) is 0 Å². The number of hydrogen-bond acceptors (Lipinski definition) is 8. The van der Waals surface area contributed by atoms with Gasteiger partial charge in [0, 0.05) is 0 Å². The molecule has 0 aliphatic heterocycles. The maximum Gasteiger partial charge on any atom is 0.482 e. The molecule has 1 N–H and O–H groups in total. The van der Waals surface area contributed by atoms with Crippen LogP contribution in [0.2, 0.25) is 0 Å². The van der Waals surface area contributed by atoms with Crippen molar-refractivity contribution >= 4 is 46.2 Å². The Morgan fingerprint density at radius 1 is 0.704 bits per heavy atom. The van der Waals surface area contributed by atoms with Gasteiger partial charge in [-0.05, 0) is 55.4 Å². The minimum Gasteiger partial charge on any atom is -0.321 e. The summed E-state index contributed by atoms with van der Waals surface area (Å²) in [5.41, 5.74) is 0. The Morgan fingerprint density at radius 3 is 1.26 bits per heavy atom. The van der Waals surface area contributed by atoms with E-state index in [0.717, 1.165) is 0 Å². The molecule has 0 aromatic rings. The highest BCUT2D eigenvalue weighted by molar-refractivity contribution is 7.82. The molecule has 0 heterocycles. The molecule has 0 radical (unpaired) electrons. The van der Waals surface area contributed by atoms with Crippen LogP contribution in [0.4, 0.5) is 0 Å². The van der Waals surface area contributed by atoms with E-state index in [1.54, 1.807) is 0 Å². The van der Waals surface area contributed by atoms with Crippen LogP contribution in [0.15, 0.2) is 0 Å². The van der Waals surface area contributed by atoms with E-state index >= 15 is 0 Å². The summed E-state index contributed by atoms with van der Waals surface area (Å²) < 4.78 is 60.8. The molecule has 0 aliphatic rings. The molecule has 1 atom stereocenters. The van der Waals surface area contributed by atoms with Crippen LogP contribution in [0.3, 0.4) is 0 Å². The summed E-state index contributed by atoms with van der Waals surface area (Å²) in [6, 6.07) is 0. The number of halogens is 2. The van der Waals surface area contributed by atoms with Crippen LogP contribution in [-0.4, -0.2) is 33.1 Å². The molecule has 9 nitrogen and oxygen atoms in total. The van der Waals surface area contributed by atoms with Crippen molar-refractivity contribution in [2.24, 2.45) is 0 Å². The van der Waals surface area contributed by atoms with Crippen molar-refractivity contribution in [3.63, 3.8) is 0 Å². The largest absolute Gasteiger partial charge is 0.482 e. The first-order valence-electron chi connectivity index (χ1n) is 8.23. The van der Waals surface area contributed by atoms with Gasteiger partial charge in [0.1, 0.15) is 0 Å². The quantitative estimate of drug-likeness (QED) is 0.248. The summed E-state index contributed by atoms with van der Waals surface area (Å²) in [6.07, 6.45) is -2.84. The van der Waals surface area contributed by atoms with E-state index in [1.807, 2.05) is 0 Å². The van der Waals surface area contributed by atoms with Crippen molar-refractivity contribution in [3.8, 4) is 0 Å². The van der Waals surface area contributed by atoms with Gasteiger partial charge < -0.3 is 13.9 Å². The molecule has 0 fully saturated rings. The van der Waals surface area contributed by atoms with Crippen molar-refractivity contribution in [2.45, 2.75) is 83.6 Å². The van der Waals surface area contributed by atoms with E-state index in [0.29, 0.717) is 0 Å². The second kappa shape index (κ2) is 10.4. The molecule has 27 heavy (non-hydrogen) atoms. The van der Waals surface area contributed by atoms with E-state index in [-0.39, 0.29) is 0 Å². The van der Waals surface area contributed by atoms with Crippen LogP contribution in [0.1, 0.15) is 55.4 Å². The summed E-state index contributed by atoms with van der Waals surface area (Å²) in [5, 5.41) is 0. The zero-order chi connectivity index (χ0) is 21.8. The molecular formula is C13H29Cl2O9P3. The zero-order valence-electron chi connectivity index (χ0n) is 16.6. The highest BCUT2D eigenvalue weighted by Gasteiger charge is 2.66. The maximum absolute atomic E-state index is 13.1. The van der Waals surface area contributed by atoms with Crippen molar-refractivity contribution in [3.05, 3.63) is 0 Å². The normalized spacial score (nSPS) is 16.6. The lowest BCUT2D eigenvalue weighted by Gasteiger charge is -2.34. The van der Waals surface area contributed by atoms with Gasteiger partial charge in [0.2, 0.25) is 0 Å². The third-order valence-corrected chi connectivity index (χ3v) is 12.1. The molecule has 1 unspecified atom stereocenters. The predicted octanol–water partition coefficient (Wildman–Crippen LogP) is 6.28. The Morgan fingerprint density at radius 2 is 1.00 bits per heavy atom. The van der Waals surface area contributed by atoms with Gasteiger partial charge in [0.25, 0.3) is 0 Å². The second-order valence-electron chi connectivity index (χ2n) is 6.67. The Hall–Kier alpha value is 1.03. The minimum absolute atomic E-state index is 0.694. The predicted molar refractivity (Wildman–Crippen MR) is 105 cm³/mol. The molecule has 0 aliphatic carbocycles. The summed E-state index contributed by atoms with van der Waals surface area (Å²) >= 11 is 12.0. The van der Waals surface area contributed by atoms with E-state index in [1.165, 1.54) is 55.4 Å². The molecule has 0 spiro atoms. The Bertz CT molecular complexity index is 594. The highest BCUT2D eigenvalue weighted by Crippen LogP contribution is 2.83. The Balaban J connectivity index is 6.05. The molecule has 0 rings (SSSR count). The molecule has 0 aromatic heterocycles. The Labute approximate surface area is 171 Å². The number of phosphoric acid groups is 1. The van der Waals surface area contributed by atoms with E-state index in [9.17, 15) is 18.6 Å². The molecule has 0 aromatic carbocycles. The number of alkyl halides is 2. The molecule has 0 saturated carbocycles. The molecule has 0 bridgehead atoms. The van der Waals surface area contributed by atoms with Crippen molar-refractivity contribution in [1.82, 2.24) is 0 Å². The first kappa shape index (κ1) is 28.0. The van der Waals surface area contributed by atoms with Gasteiger partial charge in [-0.3, -0.25) is 18.2 Å². The van der Waals surface area contributed by atoms with Crippen LogP contribution in [0.5, 0.6) is 0 Å². The van der Waals surface area contributed by atoms with E-state index < -0.39 is 51.2 Å². The van der Waals surface area contributed by atoms with Gasteiger partial charge in [-0.2, -0.15) is 0 Å². The van der Waals surface area contributed by atoms with E-state index in [2.05, 4.69) is 0 Å². The van der Waals surface area contributed by atoms with Crippen molar-refractivity contribution in [2.75, 3.05) is 0 Å².